The summed E-state index contributed by atoms with van der Waals surface area (Å²) in [5, 5.41) is 3.04. The van der Waals surface area contributed by atoms with Crippen molar-refractivity contribution < 1.29 is 18.0 Å². The minimum atomic E-state index is -3.65. The van der Waals surface area contributed by atoms with E-state index in [0.29, 0.717) is 51.4 Å². The summed E-state index contributed by atoms with van der Waals surface area (Å²) in [6.45, 7) is 6.28. The Labute approximate surface area is 185 Å². The van der Waals surface area contributed by atoms with Crippen molar-refractivity contribution in [2.45, 2.75) is 57.4 Å². The number of hydrogen-bond acceptors (Lipinski definition) is 5. The molecule has 1 aromatic rings. The number of hydrogen-bond donors (Lipinski definition) is 1. The lowest BCUT2D eigenvalue weighted by atomic mass is 9.92. The van der Waals surface area contributed by atoms with Gasteiger partial charge in [-0.3, -0.25) is 9.59 Å². The molecule has 2 aliphatic rings. The smallest absolute Gasteiger partial charge is 0.262 e. The summed E-state index contributed by atoms with van der Waals surface area (Å²) in [7, 11) is -1.88. The lowest BCUT2D eigenvalue weighted by Gasteiger charge is -2.37. The van der Waals surface area contributed by atoms with E-state index in [1.807, 2.05) is 4.90 Å². The van der Waals surface area contributed by atoms with Gasteiger partial charge in [0.15, 0.2) is 5.03 Å². The second-order valence-electron chi connectivity index (χ2n) is 8.68. The number of amides is 2. The third kappa shape index (κ3) is 5.46. The summed E-state index contributed by atoms with van der Waals surface area (Å²) in [5.74, 6) is 0.387. The molecule has 0 spiro atoms. The molecular formula is C21H35N5O4S. The number of aromatic nitrogens is 2. The molecular weight excluding hydrogens is 418 g/mol. The lowest BCUT2D eigenvalue weighted by molar-refractivity contribution is -0.140. The first-order valence-electron chi connectivity index (χ1n) is 11.3. The summed E-state index contributed by atoms with van der Waals surface area (Å²) >= 11 is 0. The molecule has 1 unspecified atom stereocenters. The highest BCUT2D eigenvalue weighted by Crippen LogP contribution is 2.27. The van der Waals surface area contributed by atoms with Gasteiger partial charge in [0, 0.05) is 51.9 Å². The van der Waals surface area contributed by atoms with Crippen LogP contribution in [-0.4, -0.2) is 71.7 Å². The molecule has 1 aromatic heterocycles. The van der Waals surface area contributed by atoms with Crippen molar-refractivity contribution in [1.82, 2.24) is 24.1 Å². The van der Waals surface area contributed by atoms with Crippen molar-refractivity contribution in [3.63, 3.8) is 0 Å². The standard InChI is InChI=1S/C21H35N5O4S/c1-4-5-10-22-20(27)18-7-6-11-25(14-18)21(28)17-8-12-26(13-9-17)31(29,30)19-15-24(3)16(2)23-19/h15,17-18H,4-14H2,1-3H3,(H,22,27). The van der Waals surface area contributed by atoms with E-state index in [0.717, 1.165) is 25.7 Å². The van der Waals surface area contributed by atoms with Gasteiger partial charge >= 0.3 is 0 Å². The maximum atomic E-state index is 13.1. The average Bonchev–Trinajstić information content (AvgIpc) is 3.12. The maximum Gasteiger partial charge on any atom is 0.262 e. The fourth-order valence-corrected chi connectivity index (χ4v) is 5.80. The van der Waals surface area contributed by atoms with E-state index < -0.39 is 10.0 Å². The maximum absolute atomic E-state index is 13.1. The molecule has 1 atom stereocenters. The van der Waals surface area contributed by atoms with Crippen LogP contribution in [0.4, 0.5) is 0 Å². The Bertz CT molecular complexity index is 870. The van der Waals surface area contributed by atoms with Crippen molar-refractivity contribution in [3.8, 4) is 0 Å². The topological polar surface area (TPSA) is 105 Å². The zero-order valence-corrected chi connectivity index (χ0v) is 19.7. The van der Waals surface area contributed by atoms with Crippen LogP contribution in [0, 0.1) is 18.8 Å². The quantitative estimate of drug-likeness (QED) is 0.627. The van der Waals surface area contributed by atoms with E-state index in [2.05, 4.69) is 17.2 Å². The lowest BCUT2D eigenvalue weighted by Crippen LogP contribution is -2.49. The predicted molar refractivity (Wildman–Crippen MR) is 117 cm³/mol. The molecule has 0 aliphatic carbocycles. The number of sulfonamides is 1. The molecule has 2 fully saturated rings. The van der Waals surface area contributed by atoms with Gasteiger partial charge in [0.05, 0.1) is 5.92 Å². The van der Waals surface area contributed by atoms with Crippen LogP contribution in [-0.2, 0) is 26.7 Å². The Morgan fingerprint density at radius 2 is 1.87 bits per heavy atom. The number of nitrogens with zero attached hydrogens (tertiary/aromatic N) is 4. The molecule has 0 saturated carbocycles. The summed E-state index contributed by atoms with van der Waals surface area (Å²) in [6, 6.07) is 0. The molecule has 1 N–H and O–H groups in total. The van der Waals surface area contributed by atoms with Gasteiger partial charge in [0.1, 0.15) is 5.82 Å². The highest BCUT2D eigenvalue weighted by atomic mass is 32.2. The van der Waals surface area contributed by atoms with Crippen molar-refractivity contribution >= 4 is 21.8 Å². The Morgan fingerprint density at radius 3 is 2.48 bits per heavy atom. The van der Waals surface area contributed by atoms with Crippen LogP contribution in [0.15, 0.2) is 11.2 Å². The van der Waals surface area contributed by atoms with Gasteiger partial charge in [-0.15, -0.1) is 0 Å². The van der Waals surface area contributed by atoms with Crippen molar-refractivity contribution in [2.75, 3.05) is 32.7 Å². The van der Waals surface area contributed by atoms with Gasteiger partial charge in [-0.25, -0.2) is 13.4 Å². The number of piperidine rings is 2. The average molecular weight is 454 g/mol. The molecule has 2 saturated heterocycles. The number of nitrogens with one attached hydrogen (secondary N) is 1. The first-order valence-corrected chi connectivity index (χ1v) is 12.7. The number of unbranched alkanes of at least 4 members (excludes halogenated alkanes) is 1. The van der Waals surface area contributed by atoms with E-state index >= 15 is 0 Å². The zero-order chi connectivity index (χ0) is 22.6. The number of imidazole rings is 1. The van der Waals surface area contributed by atoms with E-state index in [-0.39, 0.29) is 28.7 Å². The number of carbonyl (C=O) groups is 2. The van der Waals surface area contributed by atoms with Gasteiger partial charge in [0.2, 0.25) is 11.8 Å². The number of aryl methyl sites for hydroxylation is 2. The Morgan fingerprint density at radius 1 is 1.16 bits per heavy atom. The fraction of sp³-hybridized carbons (Fsp3) is 0.762. The minimum absolute atomic E-state index is 0.0394. The van der Waals surface area contributed by atoms with Crippen molar-refractivity contribution in [2.24, 2.45) is 18.9 Å². The largest absolute Gasteiger partial charge is 0.356 e. The summed E-state index contributed by atoms with van der Waals surface area (Å²) < 4.78 is 28.9. The molecule has 0 radical (unpaired) electrons. The normalized spacial score (nSPS) is 21.3. The first-order chi connectivity index (χ1) is 14.7. The third-order valence-corrected chi connectivity index (χ3v) is 8.20. The van der Waals surface area contributed by atoms with Crippen LogP contribution in [0.25, 0.3) is 0 Å². The molecule has 0 bridgehead atoms. The molecule has 174 valence electrons. The Hall–Kier alpha value is -1.94. The summed E-state index contributed by atoms with van der Waals surface area (Å²) in [6.07, 6.45) is 6.14. The fourth-order valence-electron chi connectivity index (χ4n) is 4.31. The Kier molecular flexibility index (Phi) is 7.74. The summed E-state index contributed by atoms with van der Waals surface area (Å²) in [4.78, 5) is 31.4. The number of likely N-dealkylation sites (tertiary alicyclic amines) is 1. The van der Waals surface area contributed by atoms with Crippen LogP contribution in [0.2, 0.25) is 0 Å². The monoisotopic (exact) mass is 453 g/mol. The molecule has 31 heavy (non-hydrogen) atoms. The molecule has 9 nitrogen and oxygen atoms in total. The molecule has 2 aliphatic heterocycles. The number of carbonyl (C=O) groups excluding carboxylic acids is 2. The van der Waals surface area contributed by atoms with Crippen LogP contribution < -0.4 is 5.32 Å². The highest BCUT2D eigenvalue weighted by Gasteiger charge is 2.36. The second kappa shape index (κ2) is 10.1. The molecule has 2 amide bonds. The SMILES string of the molecule is CCCCNC(=O)C1CCCN(C(=O)C2CCN(S(=O)(=O)c3cn(C)c(C)n3)CC2)C1. The van der Waals surface area contributed by atoms with E-state index in [1.54, 1.807) is 18.5 Å². The summed E-state index contributed by atoms with van der Waals surface area (Å²) in [5.41, 5.74) is 0. The molecule has 3 rings (SSSR count). The minimum Gasteiger partial charge on any atom is -0.356 e. The van der Waals surface area contributed by atoms with E-state index in [1.165, 1.54) is 10.5 Å². The molecule has 3 heterocycles. The van der Waals surface area contributed by atoms with Gasteiger partial charge in [-0.2, -0.15) is 4.31 Å². The van der Waals surface area contributed by atoms with Crippen molar-refractivity contribution in [1.29, 1.82) is 0 Å². The zero-order valence-electron chi connectivity index (χ0n) is 18.8. The highest BCUT2D eigenvalue weighted by molar-refractivity contribution is 7.89. The second-order valence-corrected chi connectivity index (χ2v) is 10.6. The van der Waals surface area contributed by atoms with Gasteiger partial charge < -0.3 is 14.8 Å². The van der Waals surface area contributed by atoms with E-state index in [9.17, 15) is 18.0 Å². The van der Waals surface area contributed by atoms with Gasteiger partial charge in [-0.1, -0.05) is 13.3 Å². The third-order valence-electron chi connectivity index (χ3n) is 6.43. The Balaban J connectivity index is 1.54. The van der Waals surface area contributed by atoms with Gasteiger partial charge in [-0.05, 0) is 39.0 Å². The molecule has 10 heteroatoms. The van der Waals surface area contributed by atoms with Crippen LogP contribution in [0.1, 0.15) is 51.3 Å². The predicted octanol–water partition coefficient (Wildman–Crippen LogP) is 1.28. The first kappa shape index (κ1) is 23.7. The van der Waals surface area contributed by atoms with Crippen molar-refractivity contribution in [3.05, 3.63) is 12.0 Å². The van der Waals surface area contributed by atoms with Crippen LogP contribution in [0.5, 0.6) is 0 Å². The van der Waals surface area contributed by atoms with E-state index in [4.69, 9.17) is 0 Å². The van der Waals surface area contributed by atoms with Crippen LogP contribution >= 0.6 is 0 Å². The van der Waals surface area contributed by atoms with Gasteiger partial charge in [0.25, 0.3) is 10.0 Å². The molecule has 0 aromatic carbocycles. The van der Waals surface area contributed by atoms with Crippen LogP contribution in [0.3, 0.4) is 0 Å². The number of rotatable bonds is 7.